The second kappa shape index (κ2) is 3.92. The van der Waals surface area contributed by atoms with E-state index in [1.54, 1.807) is 0 Å². The maximum atomic E-state index is 3.70. The Bertz CT molecular complexity index is 515. The Kier molecular flexibility index (Phi) is 3.13. The molecule has 1 aromatic carbocycles. The van der Waals surface area contributed by atoms with Crippen molar-refractivity contribution >= 4 is 59.2 Å². The van der Waals surface area contributed by atoms with Gasteiger partial charge in [0.15, 0.2) is 5.71 Å². The predicted octanol–water partition coefficient (Wildman–Crippen LogP) is 5.00. The number of hydrogen-bond donors (Lipinski definition) is 0. The third-order valence-corrected chi connectivity index (χ3v) is 6.84. The summed E-state index contributed by atoms with van der Waals surface area (Å²) in [6, 6.07) is 2.17. The number of rotatable bonds is 0. The molecule has 1 aliphatic rings. The molecule has 16 heavy (non-hydrogen) atoms. The Morgan fingerprint density at radius 2 is 1.69 bits per heavy atom. The summed E-state index contributed by atoms with van der Waals surface area (Å²) in [4.78, 5) is 0. The van der Waals surface area contributed by atoms with E-state index in [1.165, 1.54) is 17.0 Å². The topological polar surface area (TPSA) is 3.01 Å². The van der Waals surface area contributed by atoms with Gasteiger partial charge in [0.25, 0.3) is 0 Å². The van der Waals surface area contributed by atoms with E-state index in [9.17, 15) is 0 Å². The van der Waals surface area contributed by atoms with Crippen molar-refractivity contribution in [2.75, 3.05) is 7.05 Å². The van der Waals surface area contributed by atoms with E-state index < -0.39 is 0 Å². The number of hydrogen-bond acceptors (Lipinski definition) is 0. The first-order valence-electron chi connectivity index (χ1n) is 5.04. The second-order valence-electron chi connectivity index (χ2n) is 4.65. The van der Waals surface area contributed by atoms with Crippen molar-refractivity contribution in [2.45, 2.75) is 26.2 Å². The fourth-order valence-corrected chi connectivity index (χ4v) is 4.13. The molecule has 2 rings (SSSR count). The normalized spacial score (nSPS) is 17.9. The van der Waals surface area contributed by atoms with Crippen LogP contribution < -0.4 is 0 Å². The maximum Gasteiger partial charge on any atom is 0.211 e. The van der Waals surface area contributed by atoms with Crippen LogP contribution in [0, 0.1) is 0 Å². The molecule has 1 aliphatic heterocycles. The van der Waals surface area contributed by atoms with E-state index in [4.69, 9.17) is 0 Å². The molecule has 0 aliphatic carbocycles. The van der Waals surface area contributed by atoms with Gasteiger partial charge >= 0.3 is 0 Å². The first-order chi connectivity index (χ1) is 7.28. The minimum absolute atomic E-state index is 0.0755. The van der Waals surface area contributed by atoms with Crippen LogP contribution in [0.4, 0.5) is 5.69 Å². The van der Waals surface area contributed by atoms with Crippen LogP contribution in [0.15, 0.2) is 19.5 Å². The van der Waals surface area contributed by atoms with Crippen LogP contribution in [-0.2, 0) is 5.41 Å². The molecule has 0 fully saturated rings. The predicted molar refractivity (Wildman–Crippen MR) is 79.1 cm³/mol. The van der Waals surface area contributed by atoms with Gasteiger partial charge in [-0.2, -0.15) is 0 Å². The molecule has 0 amide bonds. The fraction of sp³-hybridized carbons (Fsp3) is 0.417. The molecule has 0 aromatic heterocycles. The maximum absolute atomic E-state index is 3.70. The third-order valence-electron chi connectivity index (χ3n) is 3.54. The Morgan fingerprint density at radius 3 is 2.25 bits per heavy atom. The van der Waals surface area contributed by atoms with Gasteiger partial charge in [0, 0.05) is 26.4 Å². The third kappa shape index (κ3) is 1.57. The average molecular weight is 411 g/mol. The lowest BCUT2D eigenvalue weighted by molar-refractivity contribution is -0.403. The second-order valence-corrected chi connectivity index (χ2v) is 7.09. The van der Waals surface area contributed by atoms with E-state index in [-0.39, 0.29) is 5.41 Å². The van der Waals surface area contributed by atoms with Crippen LogP contribution in [0.25, 0.3) is 0 Å². The van der Waals surface area contributed by atoms with Crippen LogP contribution in [-0.4, -0.2) is 17.3 Å². The Labute approximate surface area is 121 Å². The van der Waals surface area contributed by atoms with Gasteiger partial charge in [-0.3, -0.25) is 0 Å². The quantitative estimate of drug-likeness (QED) is 0.418. The molecule has 0 saturated carbocycles. The highest BCUT2D eigenvalue weighted by Crippen LogP contribution is 2.48. The van der Waals surface area contributed by atoms with E-state index >= 15 is 0 Å². The van der Waals surface area contributed by atoms with Crippen molar-refractivity contribution in [1.82, 2.24) is 0 Å². The average Bonchev–Trinajstić information content (AvgIpc) is 2.37. The zero-order valence-corrected chi connectivity index (χ0v) is 14.4. The van der Waals surface area contributed by atoms with Crippen LogP contribution in [0.1, 0.15) is 26.3 Å². The molecule has 4 heteroatoms. The summed E-state index contributed by atoms with van der Waals surface area (Å²) in [7, 11) is 2.12. The molecule has 0 atom stereocenters. The minimum Gasteiger partial charge on any atom is -0.202 e. The smallest absolute Gasteiger partial charge is 0.202 e. The van der Waals surface area contributed by atoms with E-state index in [0.29, 0.717) is 0 Å². The number of benzene rings is 1. The molecular formula is C12H13Br3N+. The van der Waals surface area contributed by atoms with Crippen LogP contribution in [0.3, 0.4) is 0 Å². The van der Waals surface area contributed by atoms with Crippen LogP contribution in [0.5, 0.6) is 0 Å². The van der Waals surface area contributed by atoms with Crippen molar-refractivity contribution in [1.29, 1.82) is 0 Å². The Morgan fingerprint density at radius 1 is 1.12 bits per heavy atom. The SMILES string of the molecule is CC1=[N+](C)c2cc(Br)c(Br)c(Br)c2C1(C)C. The van der Waals surface area contributed by atoms with Gasteiger partial charge < -0.3 is 0 Å². The van der Waals surface area contributed by atoms with Crippen molar-refractivity contribution in [2.24, 2.45) is 0 Å². The molecule has 0 spiro atoms. The van der Waals surface area contributed by atoms with Gasteiger partial charge in [-0.05, 0) is 61.6 Å². The van der Waals surface area contributed by atoms with Gasteiger partial charge in [-0.1, -0.05) is 0 Å². The van der Waals surface area contributed by atoms with Crippen LogP contribution >= 0.6 is 47.8 Å². The first kappa shape index (κ1) is 12.8. The highest BCUT2D eigenvalue weighted by molar-refractivity contribution is 9.14. The molecule has 0 bridgehead atoms. The molecule has 0 N–H and O–H groups in total. The monoisotopic (exact) mass is 408 g/mol. The van der Waals surface area contributed by atoms with Crippen molar-refractivity contribution in [3.63, 3.8) is 0 Å². The van der Waals surface area contributed by atoms with Crippen LogP contribution in [0.2, 0.25) is 0 Å². The molecule has 0 saturated heterocycles. The lowest BCUT2D eigenvalue weighted by atomic mass is 9.82. The molecule has 1 heterocycles. The molecular weight excluding hydrogens is 398 g/mol. The lowest BCUT2D eigenvalue weighted by Crippen LogP contribution is -2.25. The summed E-state index contributed by atoms with van der Waals surface area (Å²) in [5, 5.41) is 0. The highest BCUT2D eigenvalue weighted by atomic mass is 79.9. The summed E-state index contributed by atoms with van der Waals surface area (Å²) < 4.78 is 5.57. The number of nitrogens with zero attached hydrogens (tertiary/aromatic N) is 1. The van der Waals surface area contributed by atoms with Crippen molar-refractivity contribution in [3.8, 4) is 0 Å². The molecule has 0 radical (unpaired) electrons. The van der Waals surface area contributed by atoms with Crippen molar-refractivity contribution in [3.05, 3.63) is 25.0 Å². The standard InChI is InChI=1S/C12H13Br3N/c1-6-12(2,3)9-8(16(6)4)5-7(13)10(14)11(9)15/h5H,1-4H3/q+1. The zero-order valence-electron chi connectivity index (χ0n) is 9.66. The van der Waals surface area contributed by atoms with Gasteiger partial charge in [0.05, 0.1) is 11.0 Å². The summed E-state index contributed by atoms with van der Waals surface area (Å²) in [6.45, 7) is 6.71. The summed E-state index contributed by atoms with van der Waals surface area (Å²) in [6.07, 6.45) is 0. The molecule has 1 nitrogen and oxygen atoms in total. The number of fused-ring (bicyclic) bond motifs is 1. The van der Waals surface area contributed by atoms with Crippen molar-refractivity contribution < 1.29 is 4.58 Å². The number of halogens is 3. The molecule has 0 unspecified atom stereocenters. The van der Waals surface area contributed by atoms with Gasteiger partial charge in [-0.25, -0.2) is 4.58 Å². The largest absolute Gasteiger partial charge is 0.211 e. The summed E-state index contributed by atoms with van der Waals surface area (Å²) >= 11 is 10.9. The van der Waals surface area contributed by atoms with Gasteiger partial charge in [0.2, 0.25) is 5.69 Å². The van der Waals surface area contributed by atoms with E-state index in [0.717, 1.165) is 13.4 Å². The van der Waals surface area contributed by atoms with Gasteiger partial charge in [0.1, 0.15) is 7.05 Å². The summed E-state index contributed by atoms with van der Waals surface area (Å²) in [5.41, 5.74) is 4.06. The molecule has 1 aromatic rings. The minimum atomic E-state index is 0.0755. The first-order valence-corrected chi connectivity index (χ1v) is 7.42. The van der Waals surface area contributed by atoms with Gasteiger partial charge in [-0.15, -0.1) is 0 Å². The Balaban J connectivity index is 2.86. The fourth-order valence-electron chi connectivity index (χ4n) is 2.22. The lowest BCUT2D eigenvalue weighted by Gasteiger charge is -2.17. The molecule has 86 valence electrons. The van der Waals surface area contributed by atoms with E-state index in [1.807, 2.05) is 0 Å². The van der Waals surface area contributed by atoms with E-state index in [2.05, 4.69) is 86.3 Å². The Hall–Kier alpha value is 0.330. The zero-order chi connectivity index (χ0) is 12.2. The summed E-state index contributed by atoms with van der Waals surface area (Å²) in [5.74, 6) is 0. The highest BCUT2D eigenvalue weighted by Gasteiger charge is 2.44.